The van der Waals surface area contributed by atoms with E-state index >= 15 is 0 Å². The van der Waals surface area contributed by atoms with Gasteiger partial charge in [-0.3, -0.25) is 0 Å². The van der Waals surface area contributed by atoms with Crippen LogP contribution in [0.15, 0.2) is 0 Å². The molecule has 14 heavy (non-hydrogen) atoms. The van der Waals surface area contributed by atoms with Crippen molar-refractivity contribution in [2.75, 3.05) is 33.4 Å². The second-order valence-electron chi connectivity index (χ2n) is 3.35. The van der Waals surface area contributed by atoms with Crippen molar-refractivity contribution < 1.29 is 13.2 Å². The van der Waals surface area contributed by atoms with Crippen LogP contribution in [0.1, 0.15) is 19.3 Å². The van der Waals surface area contributed by atoms with Gasteiger partial charge in [0.05, 0.1) is 6.61 Å². The molecule has 0 radical (unpaired) electrons. The molecule has 1 aliphatic rings. The molecule has 0 atom stereocenters. The van der Waals surface area contributed by atoms with Crippen molar-refractivity contribution >= 4 is 10.2 Å². The fraction of sp³-hybridized carbons (Fsp3) is 1.00. The molecule has 0 spiro atoms. The first-order valence-corrected chi connectivity index (χ1v) is 6.34. The summed E-state index contributed by atoms with van der Waals surface area (Å²) >= 11 is 0. The second kappa shape index (κ2) is 5.65. The van der Waals surface area contributed by atoms with Gasteiger partial charge in [-0.2, -0.15) is 17.4 Å². The topological polar surface area (TPSA) is 58.6 Å². The number of hydrogen-bond donors (Lipinski definition) is 1. The first-order chi connectivity index (χ1) is 6.67. The lowest BCUT2D eigenvalue weighted by atomic mass is 10.2. The minimum absolute atomic E-state index is 0.343. The van der Waals surface area contributed by atoms with Gasteiger partial charge in [0.2, 0.25) is 0 Å². The van der Waals surface area contributed by atoms with Crippen LogP contribution in [0.25, 0.3) is 0 Å². The van der Waals surface area contributed by atoms with Gasteiger partial charge in [-0.25, -0.2) is 0 Å². The Morgan fingerprint density at radius 3 is 2.50 bits per heavy atom. The molecule has 0 saturated carbocycles. The van der Waals surface area contributed by atoms with E-state index in [2.05, 4.69) is 4.72 Å². The molecule has 0 aliphatic carbocycles. The molecule has 1 N–H and O–H groups in total. The molecule has 0 aromatic carbocycles. The molecule has 0 aromatic heterocycles. The van der Waals surface area contributed by atoms with Gasteiger partial charge in [0, 0.05) is 26.7 Å². The van der Waals surface area contributed by atoms with Crippen LogP contribution in [0.5, 0.6) is 0 Å². The summed E-state index contributed by atoms with van der Waals surface area (Å²) in [6.07, 6.45) is 3.06. The van der Waals surface area contributed by atoms with Crippen LogP contribution in [0.2, 0.25) is 0 Å². The maximum absolute atomic E-state index is 11.6. The van der Waals surface area contributed by atoms with Gasteiger partial charge in [-0.1, -0.05) is 6.42 Å². The van der Waals surface area contributed by atoms with E-state index in [0.29, 0.717) is 26.2 Å². The Kier molecular flexibility index (Phi) is 4.80. The zero-order valence-electron chi connectivity index (χ0n) is 8.53. The van der Waals surface area contributed by atoms with E-state index in [0.717, 1.165) is 19.3 Å². The minimum atomic E-state index is -3.25. The van der Waals surface area contributed by atoms with Gasteiger partial charge in [0.1, 0.15) is 0 Å². The van der Waals surface area contributed by atoms with Gasteiger partial charge in [-0.15, -0.1) is 0 Å². The molecule has 1 fully saturated rings. The fourth-order valence-electron chi connectivity index (χ4n) is 1.47. The smallest absolute Gasteiger partial charge is 0.279 e. The molecule has 84 valence electrons. The van der Waals surface area contributed by atoms with E-state index in [4.69, 9.17) is 4.74 Å². The third kappa shape index (κ3) is 3.53. The normalized spacial score (nSPS) is 19.8. The number of nitrogens with zero attached hydrogens (tertiary/aromatic N) is 1. The summed E-state index contributed by atoms with van der Waals surface area (Å²) < 4.78 is 32.0. The van der Waals surface area contributed by atoms with Crippen molar-refractivity contribution in [1.29, 1.82) is 0 Å². The molecule has 5 nitrogen and oxygen atoms in total. The van der Waals surface area contributed by atoms with Crippen LogP contribution in [-0.2, 0) is 14.9 Å². The molecular formula is C8H18N2O3S. The quantitative estimate of drug-likeness (QED) is 0.664. The van der Waals surface area contributed by atoms with Crippen LogP contribution in [0, 0.1) is 0 Å². The summed E-state index contributed by atoms with van der Waals surface area (Å²) in [5.74, 6) is 0. The van der Waals surface area contributed by atoms with E-state index in [1.165, 1.54) is 4.31 Å². The molecule has 1 aliphatic heterocycles. The number of piperidine rings is 1. The lowest BCUT2D eigenvalue weighted by molar-refractivity contribution is 0.203. The van der Waals surface area contributed by atoms with Crippen molar-refractivity contribution in [3.05, 3.63) is 0 Å². The zero-order chi connectivity index (χ0) is 10.4. The third-order valence-corrected chi connectivity index (χ3v) is 3.86. The van der Waals surface area contributed by atoms with Gasteiger partial charge in [-0.05, 0) is 12.8 Å². The van der Waals surface area contributed by atoms with Gasteiger partial charge < -0.3 is 4.74 Å². The van der Waals surface area contributed by atoms with Crippen molar-refractivity contribution in [1.82, 2.24) is 9.03 Å². The molecule has 6 heteroatoms. The number of hydrogen-bond acceptors (Lipinski definition) is 3. The molecule has 1 saturated heterocycles. The summed E-state index contributed by atoms with van der Waals surface area (Å²) in [4.78, 5) is 0. The highest BCUT2D eigenvalue weighted by atomic mass is 32.2. The number of ether oxygens (including phenoxy) is 1. The average molecular weight is 222 g/mol. The molecule has 1 rings (SSSR count). The Balaban J connectivity index is 2.38. The van der Waals surface area contributed by atoms with Crippen molar-refractivity contribution in [2.45, 2.75) is 19.3 Å². The van der Waals surface area contributed by atoms with Gasteiger partial charge in [0.25, 0.3) is 10.2 Å². The lowest BCUT2D eigenvalue weighted by Gasteiger charge is -2.25. The zero-order valence-corrected chi connectivity index (χ0v) is 9.35. The summed E-state index contributed by atoms with van der Waals surface area (Å²) in [6.45, 7) is 2.03. The van der Waals surface area contributed by atoms with Crippen molar-refractivity contribution in [2.24, 2.45) is 0 Å². The van der Waals surface area contributed by atoms with Gasteiger partial charge in [0.15, 0.2) is 0 Å². The predicted octanol–water partition coefficient (Wildman–Crippen LogP) is -0.0469. The molecule has 0 bridgehead atoms. The van der Waals surface area contributed by atoms with E-state index < -0.39 is 10.2 Å². The van der Waals surface area contributed by atoms with Crippen LogP contribution in [0.3, 0.4) is 0 Å². The van der Waals surface area contributed by atoms with Crippen molar-refractivity contribution in [3.63, 3.8) is 0 Å². The van der Waals surface area contributed by atoms with E-state index in [1.807, 2.05) is 0 Å². The number of nitrogens with one attached hydrogen (secondary N) is 1. The largest absolute Gasteiger partial charge is 0.383 e. The lowest BCUT2D eigenvalue weighted by Crippen LogP contribution is -2.44. The summed E-state index contributed by atoms with van der Waals surface area (Å²) in [5.41, 5.74) is 0. The Morgan fingerprint density at radius 1 is 1.29 bits per heavy atom. The Labute approximate surface area is 85.6 Å². The van der Waals surface area contributed by atoms with E-state index in [-0.39, 0.29) is 0 Å². The van der Waals surface area contributed by atoms with Gasteiger partial charge >= 0.3 is 0 Å². The van der Waals surface area contributed by atoms with E-state index in [9.17, 15) is 8.42 Å². The molecule has 0 aromatic rings. The predicted molar refractivity (Wildman–Crippen MR) is 54.2 cm³/mol. The van der Waals surface area contributed by atoms with Crippen LogP contribution in [0.4, 0.5) is 0 Å². The highest BCUT2D eigenvalue weighted by Crippen LogP contribution is 2.11. The highest BCUT2D eigenvalue weighted by molar-refractivity contribution is 7.87. The Hall–Kier alpha value is -0.170. The number of rotatable bonds is 5. The standard InChI is InChI=1S/C8H18N2O3S/c1-13-8-5-9-14(11,12)10-6-3-2-4-7-10/h9H,2-8H2,1H3. The average Bonchev–Trinajstić information content (AvgIpc) is 2.19. The van der Waals surface area contributed by atoms with Crippen LogP contribution in [-0.4, -0.2) is 46.1 Å². The summed E-state index contributed by atoms with van der Waals surface area (Å²) in [6, 6.07) is 0. The third-order valence-electron chi connectivity index (χ3n) is 2.25. The molecule has 1 heterocycles. The fourth-order valence-corrected chi connectivity index (χ4v) is 2.73. The summed E-state index contributed by atoms with van der Waals surface area (Å²) in [7, 11) is -1.70. The molecule has 0 amide bonds. The van der Waals surface area contributed by atoms with Crippen LogP contribution >= 0.6 is 0 Å². The monoisotopic (exact) mass is 222 g/mol. The summed E-state index contributed by atoms with van der Waals surface area (Å²) in [5, 5.41) is 0. The highest BCUT2D eigenvalue weighted by Gasteiger charge is 2.22. The molecule has 0 unspecified atom stereocenters. The second-order valence-corrected chi connectivity index (χ2v) is 5.11. The molecular weight excluding hydrogens is 204 g/mol. The van der Waals surface area contributed by atoms with Crippen LogP contribution < -0.4 is 4.72 Å². The first-order valence-electron chi connectivity index (χ1n) is 4.90. The minimum Gasteiger partial charge on any atom is -0.383 e. The Morgan fingerprint density at radius 2 is 1.93 bits per heavy atom. The van der Waals surface area contributed by atoms with E-state index in [1.54, 1.807) is 7.11 Å². The SMILES string of the molecule is COCCNS(=O)(=O)N1CCCCC1. The maximum Gasteiger partial charge on any atom is 0.279 e. The first kappa shape index (κ1) is 11.9. The van der Waals surface area contributed by atoms with Crippen molar-refractivity contribution in [3.8, 4) is 0 Å². The Bertz CT molecular complexity index is 247. The number of methoxy groups -OCH3 is 1. The maximum atomic E-state index is 11.6.